The molecule has 0 saturated carbocycles. The van der Waals surface area contributed by atoms with E-state index in [1.165, 1.54) is 11.9 Å². The lowest BCUT2D eigenvalue weighted by molar-refractivity contribution is 0.0996. The molecule has 0 radical (unpaired) electrons. The van der Waals surface area contributed by atoms with Crippen LogP contribution in [-0.4, -0.2) is 66.9 Å². The summed E-state index contributed by atoms with van der Waals surface area (Å²) in [6.07, 6.45) is 1.97. The number of nitrogens with zero attached hydrogens (tertiary/aromatic N) is 8. The van der Waals surface area contributed by atoms with Gasteiger partial charge in [0.05, 0.1) is 24.3 Å². The summed E-state index contributed by atoms with van der Waals surface area (Å²) in [5.74, 6) is 3.75. The largest absolute Gasteiger partial charge is 0.465 e. The highest BCUT2D eigenvalue weighted by Gasteiger charge is 2.37. The normalized spacial score (nSPS) is 21.5. The number of rotatable bonds is 5. The van der Waals surface area contributed by atoms with Gasteiger partial charge in [0.1, 0.15) is 23.2 Å². The number of carbonyl (C=O) groups is 2. The zero-order valence-corrected chi connectivity index (χ0v) is 23.8. The molecule has 1 fully saturated rings. The third kappa shape index (κ3) is 4.47. The van der Waals surface area contributed by atoms with Crippen molar-refractivity contribution in [1.82, 2.24) is 29.6 Å². The summed E-state index contributed by atoms with van der Waals surface area (Å²) >= 11 is 0. The highest BCUT2D eigenvalue weighted by molar-refractivity contribution is 6.10. The van der Waals surface area contributed by atoms with Gasteiger partial charge in [-0.1, -0.05) is 19.9 Å². The predicted octanol–water partition coefficient (Wildman–Crippen LogP) is 4.17. The first-order valence-corrected chi connectivity index (χ1v) is 14.0. The van der Waals surface area contributed by atoms with Gasteiger partial charge in [-0.25, -0.2) is 14.8 Å². The second-order valence-electron chi connectivity index (χ2n) is 12.3. The summed E-state index contributed by atoms with van der Waals surface area (Å²) in [5.41, 5.74) is 2.46. The van der Waals surface area contributed by atoms with E-state index in [1.807, 2.05) is 24.3 Å². The van der Waals surface area contributed by atoms with Crippen LogP contribution in [0.3, 0.4) is 0 Å². The average Bonchev–Trinajstić information content (AvgIpc) is 3.57. The Hall–Kier alpha value is -4.02. The summed E-state index contributed by atoms with van der Waals surface area (Å²) in [6.45, 7) is 10.9. The highest BCUT2D eigenvalue weighted by Crippen LogP contribution is 2.37. The van der Waals surface area contributed by atoms with E-state index in [0.29, 0.717) is 40.4 Å². The standard InChI is InChI=1S/C29H36N8O3/c1-17-11-18(2)14-35(13-17)25-12-19-20(22(31-25)16-34(5)28(39)40)15-36(27(19)38)23-8-6-7-21(30-23)26-33-32-24-9-10-29(3,4)37(24)26/h6-8,12,17-18H,9-11,13-16H2,1-5H3,(H,39,40). The molecule has 6 heterocycles. The lowest BCUT2D eigenvalue weighted by atomic mass is 9.92. The summed E-state index contributed by atoms with van der Waals surface area (Å²) in [7, 11) is 1.52. The van der Waals surface area contributed by atoms with Gasteiger partial charge in [-0.05, 0) is 56.7 Å². The average molecular weight is 545 g/mol. The molecule has 0 spiro atoms. The van der Waals surface area contributed by atoms with Crippen LogP contribution in [0, 0.1) is 11.8 Å². The Kier molecular flexibility index (Phi) is 6.27. The van der Waals surface area contributed by atoms with Crippen molar-refractivity contribution in [2.75, 3.05) is 29.9 Å². The van der Waals surface area contributed by atoms with Gasteiger partial charge in [-0.15, -0.1) is 10.2 Å². The Morgan fingerprint density at radius 1 is 1.12 bits per heavy atom. The molecule has 3 aliphatic heterocycles. The van der Waals surface area contributed by atoms with Gasteiger partial charge in [-0.3, -0.25) is 9.69 Å². The Bertz CT molecular complexity index is 1490. The fourth-order valence-corrected chi connectivity index (χ4v) is 6.48. The van der Waals surface area contributed by atoms with E-state index in [1.54, 1.807) is 4.90 Å². The van der Waals surface area contributed by atoms with Gasteiger partial charge >= 0.3 is 6.09 Å². The van der Waals surface area contributed by atoms with Crippen molar-refractivity contribution < 1.29 is 14.7 Å². The number of hydrogen-bond donors (Lipinski definition) is 1. The third-order valence-electron chi connectivity index (χ3n) is 8.43. The maximum Gasteiger partial charge on any atom is 0.407 e. The van der Waals surface area contributed by atoms with Crippen molar-refractivity contribution in [3.63, 3.8) is 0 Å². The van der Waals surface area contributed by atoms with Gasteiger partial charge in [0.15, 0.2) is 5.82 Å². The van der Waals surface area contributed by atoms with Gasteiger partial charge in [0, 0.05) is 37.7 Å². The molecule has 0 bridgehead atoms. The summed E-state index contributed by atoms with van der Waals surface area (Å²) < 4.78 is 2.15. The van der Waals surface area contributed by atoms with Crippen LogP contribution >= 0.6 is 0 Å². The molecule has 2 amide bonds. The molecule has 0 aromatic carbocycles. The minimum atomic E-state index is -1.04. The number of carboxylic acid groups (broad SMARTS) is 1. The van der Waals surface area contributed by atoms with Crippen molar-refractivity contribution in [3.05, 3.63) is 46.9 Å². The number of aryl methyl sites for hydroxylation is 1. The van der Waals surface area contributed by atoms with Gasteiger partial charge < -0.3 is 19.5 Å². The molecule has 2 unspecified atom stereocenters. The maximum absolute atomic E-state index is 13.9. The highest BCUT2D eigenvalue weighted by atomic mass is 16.4. The first kappa shape index (κ1) is 26.2. The summed E-state index contributed by atoms with van der Waals surface area (Å²) in [4.78, 5) is 40.5. The number of piperidine rings is 1. The molecule has 3 aliphatic rings. The number of pyridine rings is 2. The first-order valence-electron chi connectivity index (χ1n) is 14.0. The molecule has 3 aromatic rings. The molecular weight excluding hydrogens is 508 g/mol. The molecule has 1 saturated heterocycles. The SMILES string of the molecule is CC1CC(C)CN(c2cc3c(c(CN(C)C(=O)O)n2)CN(c2cccc(-c4nnc5n4C(C)(C)CC5)n2)C3=O)C1. The second-order valence-corrected chi connectivity index (χ2v) is 12.3. The van der Waals surface area contributed by atoms with E-state index in [9.17, 15) is 14.7 Å². The molecule has 40 heavy (non-hydrogen) atoms. The molecule has 2 atom stereocenters. The van der Waals surface area contributed by atoms with Gasteiger partial charge in [-0.2, -0.15) is 0 Å². The van der Waals surface area contributed by atoms with Crippen LogP contribution in [0.25, 0.3) is 11.5 Å². The van der Waals surface area contributed by atoms with Gasteiger partial charge in [0.2, 0.25) is 0 Å². The topological polar surface area (TPSA) is 121 Å². The van der Waals surface area contributed by atoms with Crippen molar-refractivity contribution in [2.24, 2.45) is 11.8 Å². The Labute approximate surface area is 233 Å². The fraction of sp³-hybridized carbons (Fsp3) is 0.517. The second kappa shape index (κ2) is 9.57. The van der Waals surface area contributed by atoms with Crippen molar-refractivity contribution in [3.8, 4) is 11.5 Å². The molecule has 210 valence electrons. The van der Waals surface area contributed by atoms with E-state index >= 15 is 0 Å². The van der Waals surface area contributed by atoms with Crippen LogP contribution < -0.4 is 9.80 Å². The van der Waals surface area contributed by atoms with Crippen LogP contribution in [0.4, 0.5) is 16.4 Å². The van der Waals surface area contributed by atoms with Crippen LogP contribution in [0.1, 0.15) is 68.0 Å². The number of hydrogen-bond acceptors (Lipinski definition) is 7. The molecular formula is C29H36N8O3. The molecule has 0 aliphatic carbocycles. The number of aromatic nitrogens is 5. The summed E-state index contributed by atoms with van der Waals surface area (Å²) in [6, 6.07) is 7.49. The zero-order valence-electron chi connectivity index (χ0n) is 23.8. The maximum atomic E-state index is 13.9. The Morgan fingerprint density at radius 3 is 2.60 bits per heavy atom. The van der Waals surface area contributed by atoms with E-state index < -0.39 is 6.09 Å². The minimum absolute atomic E-state index is 0.0972. The van der Waals surface area contributed by atoms with Crippen LogP contribution in [0.2, 0.25) is 0 Å². The molecule has 11 heteroatoms. The van der Waals surface area contributed by atoms with E-state index in [-0.39, 0.29) is 24.5 Å². The Balaban J connectivity index is 1.37. The van der Waals surface area contributed by atoms with Crippen molar-refractivity contribution in [2.45, 2.75) is 65.6 Å². The van der Waals surface area contributed by atoms with E-state index in [0.717, 1.165) is 49.6 Å². The predicted molar refractivity (Wildman–Crippen MR) is 150 cm³/mol. The third-order valence-corrected chi connectivity index (χ3v) is 8.43. The van der Waals surface area contributed by atoms with Crippen molar-refractivity contribution in [1.29, 1.82) is 0 Å². The van der Waals surface area contributed by atoms with Crippen LogP contribution in [0.5, 0.6) is 0 Å². The van der Waals surface area contributed by atoms with E-state index in [4.69, 9.17) is 9.97 Å². The first-order chi connectivity index (χ1) is 19.0. The smallest absolute Gasteiger partial charge is 0.407 e. The number of fused-ring (bicyclic) bond motifs is 2. The van der Waals surface area contributed by atoms with Crippen LogP contribution in [-0.2, 0) is 25.0 Å². The molecule has 11 nitrogen and oxygen atoms in total. The quantitative estimate of drug-likeness (QED) is 0.508. The Morgan fingerprint density at radius 2 is 1.88 bits per heavy atom. The molecule has 1 N–H and O–H groups in total. The zero-order chi connectivity index (χ0) is 28.3. The van der Waals surface area contributed by atoms with Gasteiger partial charge in [0.25, 0.3) is 5.91 Å². The summed E-state index contributed by atoms with van der Waals surface area (Å²) in [5, 5.41) is 18.4. The number of carbonyl (C=O) groups excluding carboxylic acids is 1. The lowest BCUT2D eigenvalue weighted by Crippen LogP contribution is -2.39. The fourth-order valence-electron chi connectivity index (χ4n) is 6.48. The number of anilines is 2. The number of amides is 2. The minimum Gasteiger partial charge on any atom is -0.465 e. The lowest BCUT2D eigenvalue weighted by Gasteiger charge is -2.36. The van der Waals surface area contributed by atoms with Crippen LogP contribution in [0.15, 0.2) is 24.3 Å². The molecule has 3 aromatic heterocycles. The molecule has 6 rings (SSSR count). The van der Waals surface area contributed by atoms with E-state index in [2.05, 4.69) is 47.4 Å². The van der Waals surface area contributed by atoms with Crippen molar-refractivity contribution >= 4 is 23.6 Å². The monoisotopic (exact) mass is 544 g/mol.